The van der Waals surface area contributed by atoms with E-state index < -0.39 is 12.0 Å². The van der Waals surface area contributed by atoms with E-state index in [9.17, 15) is 18.0 Å². The molecule has 1 amide bonds. The van der Waals surface area contributed by atoms with Gasteiger partial charge in [-0.15, -0.1) is 13.2 Å². The molecule has 1 heterocycles. The first kappa shape index (κ1) is 16.6. The molecule has 1 aliphatic rings. The first-order chi connectivity index (χ1) is 10.3. The average molecular weight is 318 g/mol. The van der Waals surface area contributed by atoms with Crippen molar-refractivity contribution in [3.05, 3.63) is 24.3 Å². The summed E-state index contributed by atoms with van der Waals surface area (Å²) in [5.41, 5.74) is -0.527. The molecule has 2 N–H and O–H groups in total. The second-order valence-electron chi connectivity index (χ2n) is 4.97. The number of hydrogen-bond acceptors (Lipinski definition) is 4. The Labute approximate surface area is 125 Å². The van der Waals surface area contributed by atoms with Crippen molar-refractivity contribution in [2.24, 2.45) is 0 Å². The van der Waals surface area contributed by atoms with Gasteiger partial charge in [-0.05, 0) is 50.2 Å². The van der Waals surface area contributed by atoms with Gasteiger partial charge in [0.25, 0.3) is 5.91 Å². The third-order valence-electron chi connectivity index (χ3n) is 3.56. The average Bonchev–Trinajstić information content (AvgIpc) is 2.48. The lowest BCUT2D eigenvalue weighted by Crippen LogP contribution is -2.51. The van der Waals surface area contributed by atoms with E-state index in [1.165, 1.54) is 19.2 Å². The molecule has 1 aliphatic heterocycles. The first-order valence-corrected chi connectivity index (χ1v) is 6.78. The number of hydrogen-bond donors (Lipinski definition) is 2. The fraction of sp³-hybridized carbons (Fsp3) is 0.500. The molecule has 0 radical (unpaired) electrons. The van der Waals surface area contributed by atoms with Crippen molar-refractivity contribution in [3.63, 3.8) is 0 Å². The number of ether oxygens (including phenoxy) is 2. The standard InChI is InChI=1S/C14H17F3N2O3/c1-21-13(6-8-18-9-7-13)12(20)19-10-2-4-11(5-3-10)22-14(15,16)17/h2-5,18H,6-9H2,1H3,(H,19,20). The van der Waals surface area contributed by atoms with Crippen LogP contribution in [0.15, 0.2) is 24.3 Å². The molecule has 1 aromatic rings. The normalized spacial score (nSPS) is 17.8. The molecule has 2 rings (SSSR count). The number of piperidine rings is 1. The predicted molar refractivity (Wildman–Crippen MR) is 73.6 cm³/mol. The van der Waals surface area contributed by atoms with Gasteiger partial charge in [0, 0.05) is 12.8 Å². The van der Waals surface area contributed by atoms with Crippen LogP contribution in [0.1, 0.15) is 12.8 Å². The number of alkyl halides is 3. The molecule has 0 aromatic heterocycles. The largest absolute Gasteiger partial charge is 0.573 e. The quantitative estimate of drug-likeness (QED) is 0.894. The summed E-state index contributed by atoms with van der Waals surface area (Å²) in [5.74, 6) is -0.644. The van der Waals surface area contributed by atoms with E-state index in [2.05, 4.69) is 15.4 Å². The van der Waals surface area contributed by atoms with E-state index in [1.54, 1.807) is 0 Å². The molecule has 0 unspecified atom stereocenters. The fourth-order valence-electron chi connectivity index (χ4n) is 2.34. The van der Waals surface area contributed by atoms with E-state index in [0.29, 0.717) is 31.6 Å². The fourth-order valence-corrected chi connectivity index (χ4v) is 2.34. The van der Waals surface area contributed by atoms with Crippen molar-refractivity contribution >= 4 is 11.6 Å². The van der Waals surface area contributed by atoms with Gasteiger partial charge >= 0.3 is 6.36 Å². The Morgan fingerprint density at radius 3 is 2.32 bits per heavy atom. The molecule has 1 aromatic carbocycles. The molecule has 1 saturated heterocycles. The van der Waals surface area contributed by atoms with Gasteiger partial charge in [0.1, 0.15) is 11.4 Å². The van der Waals surface area contributed by atoms with Crippen LogP contribution in [0.4, 0.5) is 18.9 Å². The number of carbonyl (C=O) groups excluding carboxylic acids is 1. The van der Waals surface area contributed by atoms with Gasteiger partial charge in [-0.3, -0.25) is 4.79 Å². The molecular formula is C14H17F3N2O3. The Hall–Kier alpha value is -1.80. The van der Waals surface area contributed by atoms with Gasteiger partial charge in [-0.1, -0.05) is 0 Å². The molecule has 0 saturated carbocycles. The Balaban J connectivity index is 2.02. The van der Waals surface area contributed by atoms with E-state index in [4.69, 9.17) is 4.74 Å². The van der Waals surface area contributed by atoms with Crippen LogP contribution in [-0.2, 0) is 9.53 Å². The zero-order chi connectivity index (χ0) is 16.2. The van der Waals surface area contributed by atoms with Crippen molar-refractivity contribution in [2.75, 3.05) is 25.5 Å². The van der Waals surface area contributed by atoms with E-state index >= 15 is 0 Å². The van der Waals surface area contributed by atoms with Crippen molar-refractivity contribution in [1.82, 2.24) is 5.32 Å². The van der Waals surface area contributed by atoms with Crippen LogP contribution in [0.5, 0.6) is 5.75 Å². The van der Waals surface area contributed by atoms with Crippen LogP contribution < -0.4 is 15.4 Å². The zero-order valence-electron chi connectivity index (χ0n) is 12.0. The SMILES string of the molecule is COC1(C(=O)Nc2ccc(OC(F)(F)F)cc2)CCNCC1. The number of nitrogens with one attached hydrogen (secondary N) is 2. The highest BCUT2D eigenvalue weighted by molar-refractivity contribution is 5.97. The predicted octanol–water partition coefficient (Wildman–Crippen LogP) is 2.29. The molecule has 0 aliphatic carbocycles. The number of amides is 1. The number of methoxy groups -OCH3 is 1. The van der Waals surface area contributed by atoms with Gasteiger partial charge < -0.3 is 20.1 Å². The van der Waals surface area contributed by atoms with E-state index in [-0.39, 0.29) is 11.7 Å². The van der Waals surface area contributed by atoms with Crippen LogP contribution in [0.3, 0.4) is 0 Å². The van der Waals surface area contributed by atoms with Crippen molar-refractivity contribution in [1.29, 1.82) is 0 Å². The summed E-state index contributed by atoms with van der Waals surface area (Å²) < 4.78 is 45.4. The number of halogens is 3. The second kappa shape index (κ2) is 6.53. The van der Waals surface area contributed by atoms with Gasteiger partial charge in [0.15, 0.2) is 0 Å². The maximum Gasteiger partial charge on any atom is 0.573 e. The van der Waals surface area contributed by atoms with E-state index in [0.717, 1.165) is 12.1 Å². The monoisotopic (exact) mass is 318 g/mol. The van der Waals surface area contributed by atoms with Crippen LogP contribution >= 0.6 is 0 Å². The maximum atomic E-state index is 12.4. The van der Waals surface area contributed by atoms with Crippen molar-refractivity contribution in [2.45, 2.75) is 24.8 Å². The number of carbonyl (C=O) groups is 1. The minimum absolute atomic E-state index is 0.305. The summed E-state index contributed by atoms with van der Waals surface area (Å²) in [6.45, 7) is 1.33. The van der Waals surface area contributed by atoms with Crippen molar-refractivity contribution < 1.29 is 27.4 Å². The summed E-state index contributed by atoms with van der Waals surface area (Å²) >= 11 is 0. The van der Waals surface area contributed by atoms with Gasteiger partial charge in [-0.25, -0.2) is 0 Å². The highest BCUT2D eigenvalue weighted by Crippen LogP contribution is 2.27. The maximum absolute atomic E-state index is 12.4. The molecule has 0 bridgehead atoms. The minimum atomic E-state index is -4.74. The molecule has 8 heteroatoms. The lowest BCUT2D eigenvalue weighted by Gasteiger charge is -2.34. The lowest BCUT2D eigenvalue weighted by molar-refractivity contribution is -0.274. The van der Waals surface area contributed by atoms with Gasteiger partial charge in [-0.2, -0.15) is 0 Å². The molecular weight excluding hydrogens is 301 g/mol. The van der Waals surface area contributed by atoms with Crippen molar-refractivity contribution in [3.8, 4) is 5.75 Å². The zero-order valence-corrected chi connectivity index (χ0v) is 12.0. The third-order valence-corrected chi connectivity index (χ3v) is 3.56. The van der Waals surface area contributed by atoms with Gasteiger partial charge in [0.05, 0.1) is 0 Å². The summed E-state index contributed by atoms with van der Waals surface area (Å²) in [6, 6.07) is 4.99. The van der Waals surface area contributed by atoms with Crippen LogP contribution in [-0.4, -0.2) is 38.1 Å². The lowest BCUT2D eigenvalue weighted by atomic mass is 9.91. The summed E-state index contributed by atoms with van der Waals surface area (Å²) in [4.78, 5) is 12.4. The van der Waals surface area contributed by atoms with E-state index in [1.807, 2.05) is 0 Å². The van der Waals surface area contributed by atoms with Crippen LogP contribution in [0, 0.1) is 0 Å². The Morgan fingerprint density at radius 2 is 1.82 bits per heavy atom. The molecule has 5 nitrogen and oxygen atoms in total. The number of rotatable bonds is 4. The summed E-state index contributed by atoms with van der Waals surface area (Å²) in [6.07, 6.45) is -3.67. The molecule has 22 heavy (non-hydrogen) atoms. The highest BCUT2D eigenvalue weighted by atomic mass is 19.4. The second-order valence-corrected chi connectivity index (χ2v) is 4.97. The highest BCUT2D eigenvalue weighted by Gasteiger charge is 2.39. The smallest absolute Gasteiger partial charge is 0.406 e. The molecule has 122 valence electrons. The van der Waals surface area contributed by atoms with Crippen LogP contribution in [0.25, 0.3) is 0 Å². The Kier molecular flexibility index (Phi) is 4.92. The topological polar surface area (TPSA) is 59.6 Å². The summed E-state index contributed by atoms with van der Waals surface area (Å²) in [5, 5.41) is 5.80. The Bertz CT molecular complexity index is 511. The molecule has 1 fully saturated rings. The first-order valence-electron chi connectivity index (χ1n) is 6.78. The molecule has 0 spiro atoms. The molecule has 0 atom stereocenters. The summed E-state index contributed by atoms with van der Waals surface area (Å²) in [7, 11) is 1.48. The number of benzene rings is 1. The van der Waals surface area contributed by atoms with Crippen LogP contribution in [0.2, 0.25) is 0 Å². The third kappa shape index (κ3) is 4.11. The Morgan fingerprint density at radius 1 is 1.23 bits per heavy atom. The minimum Gasteiger partial charge on any atom is -0.406 e. The number of anilines is 1. The van der Waals surface area contributed by atoms with Gasteiger partial charge in [0.2, 0.25) is 0 Å².